The van der Waals surface area contributed by atoms with Gasteiger partial charge >= 0.3 is 0 Å². The zero-order chi connectivity index (χ0) is 16.7. The van der Waals surface area contributed by atoms with Gasteiger partial charge in [-0.15, -0.1) is 0 Å². The molecule has 2 aromatic rings. The van der Waals surface area contributed by atoms with Crippen LogP contribution in [0, 0.1) is 6.92 Å². The van der Waals surface area contributed by atoms with Crippen LogP contribution in [0.15, 0.2) is 42.5 Å². The zero-order valence-corrected chi connectivity index (χ0v) is 13.9. The van der Waals surface area contributed by atoms with Crippen LogP contribution in [-0.4, -0.2) is 20.1 Å². The molecule has 0 radical (unpaired) electrons. The summed E-state index contributed by atoms with van der Waals surface area (Å²) in [6.45, 7) is 2.06. The Morgan fingerprint density at radius 1 is 1.00 bits per heavy atom. The molecule has 0 aliphatic rings. The second kappa shape index (κ2) is 8.22. The number of anilines is 1. The fourth-order valence-corrected chi connectivity index (χ4v) is 2.41. The Kier molecular flexibility index (Phi) is 6.03. The lowest BCUT2D eigenvalue weighted by Gasteiger charge is -2.09. The Morgan fingerprint density at radius 2 is 1.65 bits per heavy atom. The molecule has 4 nitrogen and oxygen atoms in total. The first kappa shape index (κ1) is 16.9. The first-order chi connectivity index (χ1) is 11.1. The molecule has 4 heteroatoms. The average Bonchev–Trinajstić information content (AvgIpc) is 2.57. The Morgan fingerprint density at radius 3 is 2.26 bits per heavy atom. The first-order valence-corrected chi connectivity index (χ1v) is 7.70. The fourth-order valence-electron chi connectivity index (χ4n) is 2.41. The van der Waals surface area contributed by atoms with Crippen LogP contribution in [0.25, 0.3) is 0 Å². The van der Waals surface area contributed by atoms with Crippen molar-refractivity contribution < 1.29 is 14.3 Å². The van der Waals surface area contributed by atoms with E-state index in [9.17, 15) is 4.79 Å². The normalized spacial score (nSPS) is 10.2. The third kappa shape index (κ3) is 5.02. The van der Waals surface area contributed by atoms with Gasteiger partial charge in [-0.1, -0.05) is 6.07 Å². The number of hydrogen-bond acceptors (Lipinski definition) is 3. The zero-order valence-electron chi connectivity index (χ0n) is 13.9. The van der Waals surface area contributed by atoms with E-state index < -0.39 is 0 Å². The Hall–Kier alpha value is -2.49. The molecular formula is C19H23NO3. The minimum atomic E-state index is 0.0290. The van der Waals surface area contributed by atoms with Crippen LogP contribution < -0.4 is 14.8 Å². The SMILES string of the molecule is COc1ccc(NC(=O)CCCc2ccc(OC)cc2C)cc1. The first-order valence-electron chi connectivity index (χ1n) is 7.70. The third-order valence-corrected chi connectivity index (χ3v) is 3.77. The molecule has 0 fully saturated rings. The minimum Gasteiger partial charge on any atom is -0.497 e. The van der Waals surface area contributed by atoms with E-state index in [1.807, 2.05) is 36.4 Å². The van der Waals surface area contributed by atoms with Crippen molar-refractivity contribution in [1.29, 1.82) is 0 Å². The molecule has 2 rings (SSSR count). The number of carbonyl (C=O) groups is 1. The minimum absolute atomic E-state index is 0.0290. The van der Waals surface area contributed by atoms with Crippen molar-refractivity contribution in [1.82, 2.24) is 0 Å². The van der Waals surface area contributed by atoms with Crippen molar-refractivity contribution in [2.24, 2.45) is 0 Å². The number of rotatable bonds is 7. The van der Waals surface area contributed by atoms with E-state index in [1.165, 1.54) is 11.1 Å². The van der Waals surface area contributed by atoms with Crippen molar-refractivity contribution in [3.8, 4) is 11.5 Å². The lowest BCUT2D eigenvalue weighted by atomic mass is 10.0. The molecule has 122 valence electrons. The van der Waals surface area contributed by atoms with Gasteiger partial charge in [-0.2, -0.15) is 0 Å². The van der Waals surface area contributed by atoms with E-state index >= 15 is 0 Å². The molecule has 0 heterocycles. The summed E-state index contributed by atoms with van der Waals surface area (Å²) in [5, 5.41) is 2.90. The highest BCUT2D eigenvalue weighted by Crippen LogP contribution is 2.19. The number of methoxy groups -OCH3 is 2. The topological polar surface area (TPSA) is 47.6 Å². The highest BCUT2D eigenvalue weighted by Gasteiger charge is 2.05. The van der Waals surface area contributed by atoms with Crippen LogP contribution in [0.2, 0.25) is 0 Å². The summed E-state index contributed by atoms with van der Waals surface area (Å²) in [7, 11) is 3.28. The predicted molar refractivity (Wildman–Crippen MR) is 92.3 cm³/mol. The molecule has 0 aliphatic heterocycles. The number of hydrogen-bond donors (Lipinski definition) is 1. The smallest absolute Gasteiger partial charge is 0.224 e. The Bertz CT molecular complexity index is 650. The molecule has 0 aromatic heterocycles. The lowest BCUT2D eigenvalue weighted by molar-refractivity contribution is -0.116. The lowest BCUT2D eigenvalue weighted by Crippen LogP contribution is -2.11. The Balaban J connectivity index is 1.80. The van der Waals surface area contributed by atoms with Crippen LogP contribution in [0.4, 0.5) is 5.69 Å². The molecular weight excluding hydrogens is 290 g/mol. The van der Waals surface area contributed by atoms with Gasteiger partial charge in [-0.3, -0.25) is 4.79 Å². The van der Waals surface area contributed by atoms with Crippen LogP contribution in [-0.2, 0) is 11.2 Å². The van der Waals surface area contributed by atoms with Gasteiger partial charge in [-0.05, 0) is 67.3 Å². The monoisotopic (exact) mass is 313 g/mol. The summed E-state index contributed by atoms with van der Waals surface area (Å²) in [6.07, 6.45) is 2.19. The van der Waals surface area contributed by atoms with Crippen molar-refractivity contribution in [3.63, 3.8) is 0 Å². The van der Waals surface area contributed by atoms with E-state index in [4.69, 9.17) is 9.47 Å². The molecule has 2 aromatic carbocycles. The van der Waals surface area contributed by atoms with Crippen LogP contribution >= 0.6 is 0 Å². The summed E-state index contributed by atoms with van der Waals surface area (Å²) in [4.78, 5) is 12.0. The maximum atomic E-state index is 12.0. The molecule has 0 atom stereocenters. The van der Waals surface area contributed by atoms with Crippen LogP contribution in [0.1, 0.15) is 24.0 Å². The van der Waals surface area contributed by atoms with E-state index in [-0.39, 0.29) is 5.91 Å². The van der Waals surface area contributed by atoms with Crippen molar-refractivity contribution in [2.75, 3.05) is 19.5 Å². The third-order valence-electron chi connectivity index (χ3n) is 3.77. The quantitative estimate of drug-likeness (QED) is 0.841. The predicted octanol–water partition coefficient (Wildman–Crippen LogP) is 3.97. The highest BCUT2D eigenvalue weighted by molar-refractivity contribution is 5.90. The van der Waals surface area contributed by atoms with Gasteiger partial charge in [0.05, 0.1) is 14.2 Å². The second-order valence-corrected chi connectivity index (χ2v) is 5.42. The van der Waals surface area contributed by atoms with Crippen molar-refractivity contribution in [2.45, 2.75) is 26.2 Å². The van der Waals surface area contributed by atoms with Gasteiger partial charge in [0.1, 0.15) is 11.5 Å². The summed E-state index contributed by atoms with van der Waals surface area (Å²) < 4.78 is 10.3. The van der Waals surface area contributed by atoms with E-state index in [0.29, 0.717) is 6.42 Å². The van der Waals surface area contributed by atoms with Gasteiger partial charge in [0.25, 0.3) is 0 Å². The average molecular weight is 313 g/mol. The van der Waals surface area contributed by atoms with Gasteiger partial charge in [0.15, 0.2) is 0 Å². The number of amides is 1. The van der Waals surface area contributed by atoms with Crippen molar-refractivity contribution in [3.05, 3.63) is 53.6 Å². The molecule has 1 N–H and O–H groups in total. The molecule has 0 spiro atoms. The van der Waals surface area contributed by atoms with Gasteiger partial charge in [0.2, 0.25) is 5.91 Å². The summed E-state index contributed by atoms with van der Waals surface area (Å²) >= 11 is 0. The number of benzene rings is 2. The standard InChI is InChI=1S/C19H23NO3/c1-14-13-18(23-3)10-7-15(14)5-4-6-19(21)20-16-8-11-17(22-2)12-9-16/h7-13H,4-6H2,1-3H3,(H,20,21). The Labute approximate surface area is 137 Å². The van der Waals surface area contributed by atoms with Gasteiger partial charge in [-0.25, -0.2) is 0 Å². The van der Waals surface area contributed by atoms with Crippen molar-refractivity contribution >= 4 is 11.6 Å². The van der Waals surface area contributed by atoms with Gasteiger partial charge in [0, 0.05) is 12.1 Å². The molecule has 0 saturated carbocycles. The fraction of sp³-hybridized carbons (Fsp3) is 0.316. The number of ether oxygens (including phenoxy) is 2. The van der Waals surface area contributed by atoms with Crippen LogP contribution in [0.3, 0.4) is 0 Å². The van der Waals surface area contributed by atoms with E-state index in [2.05, 4.69) is 18.3 Å². The second-order valence-electron chi connectivity index (χ2n) is 5.42. The molecule has 0 unspecified atom stereocenters. The number of aryl methyl sites for hydroxylation is 2. The largest absolute Gasteiger partial charge is 0.497 e. The molecule has 0 aliphatic carbocycles. The maximum Gasteiger partial charge on any atom is 0.224 e. The highest BCUT2D eigenvalue weighted by atomic mass is 16.5. The number of carbonyl (C=O) groups excluding carboxylic acids is 1. The summed E-state index contributed by atoms with van der Waals surface area (Å²) in [5.74, 6) is 1.67. The molecule has 1 amide bonds. The maximum absolute atomic E-state index is 12.0. The van der Waals surface area contributed by atoms with E-state index in [0.717, 1.165) is 30.0 Å². The van der Waals surface area contributed by atoms with Gasteiger partial charge < -0.3 is 14.8 Å². The summed E-state index contributed by atoms with van der Waals surface area (Å²) in [6, 6.07) is 13.4. The van der Waals surface area contributed by atoms with Crippen LogP contribution in [0.5, 0.6) is 11.5 Å². The molecule has 0 saturated heterocycles. The van der Waals surface area contributed by atoms with E-state index in [1.54, 1.807) is 14.2 Å². The molecule has 0 bridgehead atoms. The number of nitrogens with one attached hydrogen (secondary N) is 1. The molecule has 23 heavy (non-hydrogen) atoms. The summed E-state index contributed by atoms with van der Waals surface area (Å²) in [5.41, 5.74) is 3.24.